The van der Waals surface area contributed by atoms with Gasteiger partial charge < -0.3 is 10.2 Å². The smallest absolute Gasteiger partial charge is 0.306 e. The van der Waals surface area contributed by atoms with E-state index >= 15 is 0 Å². The monoisotopic (exact) mass is 196 g/mol. The highest BCUT2D eigenvalue weighted by molar-refractivity contribution is 6.08. The third-order valence-electron chi connectivity index (χ3n) is 2.08. The average molecular weight is 196 g/mol. The molecule has 0 atom stereocenters. The molecule has 0 spiro atoms. The average Bonchev–Trinajstić information content (AvgIpc) is 1.97. The van der Waals surface area contributed by atoms with E-state index in [0.717, 1.165) is 0 Å². The van der Waals surface area contributed by atoms with Gasteiger partial charge in [-0.3, -0.25) is 9.59 Å². The molecule has 0 amide bonds. The second kappa shape index (κ2) is 3.38. The number of hydrogen-bond donors (Lipinski definition) is 2. The summed E-state index contributed by atoms with van der Waals surface area (Å²) in [6.07, 6.45) is 2.15. The molecule has 0 aromatic carbocycles. The molecule has 4 nitrogen and oxygen atoms in total. The van der Waals surface area contributed by atoms with Crippen LogP contribution in [-0.2, 0) is 9.59 Å². The fourth-order valence-electron chi connectivity index (χ4n) is 1.58. The van der Waals surface area contributed by atoms with Crippen molar-refractivity contribution in [3.63, 3.8) is 0 Å². The molecule has 76 valence electrons. The summed E-state index contributed by atoms with van der Waals surface area (Å²) >= 11 is 0. The van der Waals surface area contributed by atoms with Gasteiger partial charge in [0, 0.05) is 0 Å². The molecule has 0 heterocycles. The number of carboxylic acid groups (broad SMARTS) is 1. The topological polar surface area (TPSA) is 74.6 Å². The van der Waals surface area contributed by atoms with Gasteiger partial charge in [-0.15, -0.1) is 0 Å². The van der Waals surface area contributed by atoms with Gasteiger partial charge in [0.25, 0.3) is 0 Å². The highest BCUT2D eigenvalue weighted by Gasteiger charge is 2.30. The molecule has 1 rings (SSSR count). The third kappa shape index (κ3) is 2.09. The number of rotatable bonds is 2. The maximum Gasteiger partial charge on any atom is 0.306 e. The number of allylic oxidation sites excluding steroid dienone is 2. The summed E-state index contributed by atoms with van der Waals surface area (Å²) in [6.45, 7) is 3.12. The Kier molecular flexibility index (Phi) is 2.57. The first kappa shape index (κ1) is 10.7. The quantitative estimate of drug-likeness (QED) is 0.680. The van der Waals surface area contributed by atoms with E-state index in [-0.39, 0.29) is 5.78 Å². The van der Waals surface area contributed by atoms with Crippen molar-refractivity contribution in [3.05, 3.63) is 23.3 Å². The van der Waals surface area contributed by atoms with Crippen molar-refractivity contribution >= 4 is 11.8 Å². The molecule has 0 aliphatic heterocycles. The lowest BCUT2D eigenvalue weighted by Gasteiger charge is -2.24. The largest absolute Gasteiger partial charge is 0.481 e. The van der Waals surface area contributed by atoms with Crippen LogP contribution in [0.25, 0.3) is 0 Å². The van der Waals surface area contributed by atoms with E-state index in [0.29, 0.717) is 11.1 Å². The van der Waals surface area contributed by atoms with Crippen LogP contribution in [0.4, 0.5) is 0 Å². The Balaban J connectivity index is 3.02. The molecule has 14 heavy (non-hydrogen) atoms. The minimum absolute atomic E-state index is 0.153. The molecule has 0 bridgehead atoms. The number of aliphatic carboxylic acids is 1. The number of carboxylic acids is 1. The molecule has 1 aliphatic carbocycles. The number of carbonyl (C=O) groups is 2. The summed E-state index contributed by atoms with van der Waals surface area (Å²) in [6, 6.07) is 0. The lowest BCUT2D eigenvalue weighted by atomic mass is 9.86. The second-order valence-electron chi connectivity index (χ2n) is 3.55. The first-order valence-electron chi connectivity index (χ1n) is 4.22. The van der Waals surface area contributed by atoms with Gasteiger partial charge in [0.2, 0.25) is 0 Å². The summed E-state index contributed by atoms with van der Waals surface area (Å²) in [7, 11) is 0. The fraction of sp³-hybridized carbons (Fsp3) is 0.400. The lowest BCUT2D eigenvalue weighted by molar-refractivity contribution is -0.140. The predicted molar refractivity (Wildman–Crippen MR) is 49.7 cm³/mol. The minimum atomic E-state index is -1.52. The van der Waals surface area contributed by atoms with Crippen molar-refractivity contribution in [1.82, 2.24) is 0 Å². The lowest BCUT2D eigenvalue weighted by Crippen LogP contribution is -2.31. The van der Waals surface area contributed by atoms with Gasteiger partial charge in [-0.25, -0.2) is 0 Å². The first-order chi connectivity index (χ1) is 6.34. The molecule has 2 N–H and O–H groups in total. The maximum absolute atomic E-state index is 11.3. The maximum atomic E-state index is 11.3. The van der Waals surface area contributed by atoms with Gasteiger partial charge in [-0.2, -0.15) is 0 Å². The number of aliphatic hydroxyl groups is 1. The van der Waals surface area contributed by atoms with E-state index in [2.05, 4.69) is 0 Å². The Labute approximate surface area is 81.6 Å². The van der Waals surface area contributed by atoms with E-state index in [9.17, 15) is 14.7 Å². The molecular formula is C10H12O4. The molecule has 1 aliphatic rings. The summed E-state index contributed by atoms with van der Waals surface area (Å²) in [5, 5.41) is 18.4. The number of hydrogen-bond acceptors (Lipinski definition) is 3. The zero-order valence-electron chi connectivity index (χ0n) is 8.07. The van der Waals surface area contributed by atoms with Crippen molar-refractivity contribution in [2.24, 2.45) is 0 Å². The van der Waals surface area contributed by atoms with Gasteiger partial charge in [-0.1, -0.05) is 0 Å². The van der Waals surface area contributed by atoms with Crippen LogP contribution in [0.3, 0.4) is 0 Å². The van der Waals surface area contributed by atoms with E-state index in [1.807, 2.05) is 0 Å². The summed E-state index contributed by atoms with van der Waals surface area (Å²) in [4.78, 5) is 21.8. The van der Waals surface area contributed by atoms with Crippen molar-refractivity contribution in [3.8, 4) is 0 Å². The molecule has 0 unspecified atom stereocenters. The van der Waals surface area contributed by atoms with Crippen molar-refractivity contribution < 1.29 is 19.8 Å². The molecule has 0 radical (unpaired) electrons. The van der Waals surface area contributed by atoms with Crippen LogP contribution < -0.4 is 0 Å². The molecular weight excluding hydrogens is 184 g/mol. The molecule has 4 heteroatoms. The van der Waals surface area contributed by atoms with Gasteiger partial charge in [0.1, 0.15) is 5.60 Å². The second-order valence-corrected chi connectivity index (χ2v) is 3.55. The first-order valence-corrected chi connectivity index (χ1v) is 4.22. The minimum Gasteiger partial charge on any atom is -0.481 e. The predicted octanol–water partition coefficient (Wildman–Crippen LogP) is 0.667. The van der Waals surface area contributed by atoms with Gasteiger partial charge in [-0.05, 0) is 37.1 Å². The molecule has 0 aromatic heterocycles. The Morgan fingerprint density at radius 1 is 1.36 bits per heavy atom. The van der Waals surface area contributed by atoms with Crippen LogP contribution in [0, 0.1) is 0 Å². The molecule has 0 saturated heterocycles. The van der Waals surface area contributed by atoms with Crippen LogP contribution >= 0.6 is 0 Å². The fourth-order valence-corrected chi connectivity index (χ4v) is 1.58. The van der Waals surface area contributed by atoms with Crippen LogP contribution in [0.15, 0.2) is 23.3 Å². The summed E-state index contributed by atoms with van der Waals surface area (Å²) in [5.41, 5.74) is -0.754. The third-order valence-corrected chi connectivity index (χ3v) is 2.08. The standard InChI is InChI=1S/C10H12O4/c1-6-3-10(14,5-8(11)12)4-7(2)9(6)13/h3-4,14H,5H2,1-2H3,(H,11,12). The molecule has 0 aromatic rings. The zero-order valence-corrected chi connectivity index (χ0v) is 8.07. The normalized spacial score (nSPS) is 20.1. The zero-order chi connectivity index (χ0) is 10.9. The van der Waals surface area contributed by atoms with E-state index in [4.69, 9.17) is 5.11 Å². The van der Waals surface area contributed by atoms with Gasteiger partial charge >= 0.3 is 5.97 Å². The van der Waals surface area contributed by atoms with Crippen molar-refractivity contribution in [2.45, 2.75) is 25.9 Å². The molecule has 0 fully saturated rings. The van der Waals surface area contributed by atoms with Gasteiger partial charge in [0.05, 0.1) is 6.42 Å². The Morgan fingerprint density at radius 3 is 2.14 bits per heavy atom. The van der Waals surface area contributed by atoms with E-state index in [1.165, 1.54) is 12.2 Å². The molecule has 0 saturated carbocycles. The Morgan fingerprint density at radius 2 is 1.79 bits per heavy atom. The number of Topliss-reactive ketones (excluding diaryl/α,β-unsaturated/α-hetero) is 1. The van der Waals surface area contributed by atoms with Gasteiger partial charge in [0.15, 0.2) is 5.78 Å². The van der Waals surface area contributed by atoms with E-state index < -0.39 is 18.0 Å². The SMILES string of the molecule is CC1=CC(O)(CC(=O)O)C=C(C)C1=O. The van der Waals surface area contributed by atoms with Crippen molar-refractivity contribution in [2.75, 3.05) is 0 Å². The number of ketones is 1. The highest BCUT2D eigenvalue weighted by atomic mass is 16.4. The van der Waals surface area contributed by atoms with Crippen molar-refractivity contribution in [1.29, 1.82) is 0 Å². The number of carbonyl (C=O) groups excluding carboxylic acids is 1. The highest BCUT2D eigenvalue weighted by Crippen LogP contribution is 2.25. The van der Waals surface area contributed by atoms with Crippen LogP contribution in [0.5, 0.6) is 0 Å². The Bertz CT molecular complexity index is 327. The van der Waals surface area contributed by atoms with Crippen LogP contribution in [0.1, 0.15) is 20.3 Å². The summed E-state index contributed by atoms with van der Waals surface area (Å²) < 4.78 is 0. The van der Waals surface area contributed by atoms with E-state index in [1.54, 1.807) is 13.8 Å². The van der Waals surface area contributed by atoms with Crippen LogP contribution in [0.2, 0.25) is 0 Å². The Hall–Kier alpha value is -1.42. The van der Waals surface area contributed by atoms with Crippen LogP contribution in [-0.4, -0.2) is 27.6 Å². The summed E-state index contributed by atoms with van der Waals surface area (Å²) in [5.74, 6) is -1.25.